The van der Waals surface area contributed by atoms with Crippen molar-refractivity contribution >= 4 is 27.9 Å². The Morgan fingerprint density at radius 1 is 1.07 bits per heavy atom. The molecule has 0 aliphatic heterocycles. The topological polar surface area (TPSA) is 102 Å². The maximum atomic E-state index is 12.9. The third-order valence-corrected chi connectivity index (χ3v) is 5.42. The van der Waals surface area contributed by atoms with Gasteiger partial charge in [0.25, 0.3) is 10.0 Å². The zero-order valence-corrected chi connectivity index (χ0v) is 17.2. The van der Waals surface area contributed by atoms with E-state index in [1.54, 1.807) is 42.5 Å². The van der Waals surface area contributed by atoms with E-state index in [4.69, 9.17) is 4.74 Å². The highest BCUT2D eigenvalue weighted by Gasteiger charge is 2.21. The number of rotatable bonds is 8. The highest BCUT2D eigenvalue weighted by Crippen LogP contribution is 2.23. The minimum Gasteiger partial charge on any atom is -0.491 e. The number of pyridine rings is 1. The van der Waals surface area contributed by atoms with Crippen LogP contribution in [0.2, 0.25) is 0 Å². The van der Waals surface area contributed by atoms with Gasteiger partial charge in [-0.1, -0.05) is 30.3 Å². The van der Waals surface area contributed by atoms with Gasteiger partial charge in [0, 0.05) is 17.3 Å². The number of hydrogen-bond acceptors (Lipinski definition) is 6. The Morgan fingerprint density at radius 2 is 1.73 bits per heavy atom. The van der Waals surface area contributed by atoms with Crippen LogP contribution in [0.5, 0.6) is 5.75 Å². The number of anilines is 1. The number of sulfonamides is 1. The number of ketones is 1. The second-order valence-electron chi connectivity index (χ2n) is 6.72. The van der Waals surface area contributed by atoms with Crippen LogP contribution in [0.15, 0.2) is 71.8 Å². The molecule has 0 saturated heterocycles. The molecule has 0 spiro atoms. The Bertz CT molecular complexity index is 1160. The van der Waals surface area contributed by atoms with Gasteiger partial charge in [0.15, 0.2) is 17.9 Å². The Kier molecular flexibility index (Phi) is 6.27. The molecule has 0 aliphatic rings. The lowest BCUT2D eigenvalue weighted by atomic mass is 10.0. The lowest BCUT2D eigenvalue weighted by molar-refractivity contribution is 0.103. The monoisotopic (exact) mass is 424 g/mol. The van der Waals surface area contributed by atoms with Crippen LogP contribution in [-0.4, -0.2) is 31.6 Å². The summed E-state index contributed by atoms with van der Waals surface area (Å²) in [7, 11) is -4.02. The number of carbonyl (C=O) groups excluding carboxylic acids is 2. The molecular formula is C22H20N2O5S. The summed E-state index contributed by atoms with van der Waals surface area (Å²) in [6.45, 7) is 3.73. The number of benzene rings is 2. The Hall–Kier alpha value is -3.52. The molecule has 154 valence electrons. The van der Waals surface area contributed by atoms with E-state index in [9.17, 15) is 18.0 Å². The zero-order valence-electron chi connectivity index (χ0n) is 16.4. The number of aromatic nitrogens is 1. The summed E-state index contributed by atoms with van der Waals surface area (Å²) in [5.74, 6) is -0.0699. The second-order valence-corrected chi connectivity index (χ2v) is 8.40. The minimum absolute atomic E-state index is 0.0158. The predicted molar refractivity (Wildman–Crippen MR) is 113 cm³/mol. The Balaban J connectivity index is 1.95. The summed E-state index contributed by atoms with van der Waals surface area (Å²) in [6.07, 6.45) is 1.70. The van der Waals surface area contributed by atoms with Gasteiger partial charge in [-0.25, -0.2) is 13.4 Å². The van der Waals surface area contributed by atoms with Crippen LogP contribution in [-0.2, 0) is 10.0 Å². The minimum atomic E-state index is -4.02. The van der Waals surface area contributed by atoms with Crippen molar-refractivity contribution in [1.29, 1.82) is 0 Å². The van der Waals surface area contributed by atoms with E-state index in [1.807, 2.05) is 13.8 Å². The third kappa shape index (κ3) is 4.90. The molecular weight excluding hydrogens is 404 g/mol. The van der Waals surface area contributed by atoms with Crippen LogP contribution in [0.3, 0.4) is 0 Å². The average molecular weight is 424 g/mol. The highest BCUT2D eigenvalue weighted by atomic mass is 32.2. The molecule has 0 bridgehead atoms. The molecule has 0 radical (unpaired) electrons. The van der Waals surface area contributed by atoms with Gasteiger partial charge in [-0.3, -0.25) is 14.3 Å². The van der Waals surface area contributed by atoms with E-state index in [2.05, 4.69) is 9.71 Å². The quantitative estimate of drug-likeness (QED) is 0.437. The summed E-state index contributed by atoms with van der Waals surface area (Å²) in [5.41, 5.74) is 0.486. The normalized spacial score (nSPS) is 11.2. The molecule has 0 amide bonds. The van der Waals surface area contributed by atoms with Crippen molar-refractivity contribution in [3.63, 3.8) is 0 Å². The van der Waals surface area contributed by atoms with Crippen LogP contribution in [0.4, 0.5) is 5.82 Å². The molecule has 1 N–H and O–H groups in total. The van der Waals surface area contributed by atoms with E-state index in [1.165, 1.54) is 24.4 Å². The molecule has 0 atom stereocenters. The lowest BCUT2D eigenvalue weighted by Crippen LogP contribution is -2.17. The largest absolute Gasteiger partial charge is 0.491 e. The lowest BCUT2D eigenvalue weighted by Gasteiger charge is -2.13. The second kappa shape index (κ2) is 8.87. The Morgan fingerprint density at radius 3 is 2.33 bits per heavy atom. The van der Waals surface area contributed by atoms with Crippen molar-refractivity contribution in [3.8, 4) is 5.75 Å². The van der Waals surface area contributed by atoms with Gasteiger partial charge >= 0.3 is 0 Å². The van der Waals surface area contributed by atoms with Crippen LogP contribution < -0.4 is 9.46 Å². The van der Waals surface area contributed by atoms with Gasteiger partial charge in [0.1, 0.15) is 5.75 Å². The van der Waals surface area contributed by atoms with Gasteiger partial charge in [-0.05, 0) is 44.2 Å². The van der Waals surface area contributed by atoms with Crippen molar-refractivity contribution in [1.82, 2.24) is 4.98 Å². The predicted octanol–water partition coefficient (Wildman–Crippen LogP) is 3.71. The number of nitrogens with zero attached hydrogens (tertiary/aromatic N) is 1. The van der Waals surface area contributed by atoms with E-state index in [0.717, 1.165) is 0 Å². The maximum Gasteiger partial charge on any atom is 0.263 e. The molecule has 0 fully saturated rings. The number of carbonyl (C=O) groups is 2. The Labute approximate surface area is 174 Å². The fourth-order valence-corrected chi connectivity index (χ4v) is 3.73. The maximum absolute atomic E-state index is 12.9. The van der Waals surface area contributed by atoms with Crippen molar-refractivity contribution in [2.45, 2.75) is 24.8 Å². The number of aldehydes is 1. The molecule has 1 heterocycles. The van der Waals surface area contributed by atoms with E-state index in [-0.39, 0.29) is 27.9 Å². The van der Waals surface area contributed by atoms with Crippen LogP contribution in [0, 0.1) is 0 Å². The molecule has 0 saturated carbocycles. The molecule has 3 rings (SSSR count). The fourth-order valence-electron chi connectivity index (χ4n) is 2.70. The number of hydrogen-bond donors (Lipinski definition) is 1. The highest BCUT2D eigenvalue weighted by molar-refractivity contribution is 7.92. The first-order valence-corrected chi connectivity index (χ1v) is 10.6. The molecule has 1 aromatic heterocycles. The van der Waals surface area contributed by atoms with Gasteiger partial charge in [0.05, 0.1) is 16.6 Å². The molecule has 30 heavy (non-hydrogen) atoms. The van der Waals surface area contributed by atoms with Crippen molar-refractivity contribution in [3.05, 3.63) is 83.6 Å². The summed E-state index contributed by atoms with van der Waals surface area (Å²) < 4.78 is 33.5. The van der Waals surface area contributed by atoms with Crippen LogP contribution >= 0.6 is 0 Å². The first-order valence-electron chi connectivity index (χ1n) is 9.14. The van der Waals surface area contributed by atoms with Crippen molar-refractivity contribution < 1.29 is 22.7 Å². The molecule has 0 aliphatic carbocycles. The average Bonchev–Trinajstić information content (AvgIpc) is 2.74. The first-order chi connectivity index (χ1) is 14.3. The summed E-state index contributed by atoms with van der Waals surface area (Å²) in [6, 6.07) is 15.5. The van der Waals surface area contributed by atoms with E-state index in [0.29, 0.717) is 17.6 Å². The number of nitrogens with one attached hydrogen (secondary N) is 1. The molecule has 3 aromatic rings. The van der Waals surface area contributed by atoms with Crippen LogP contribution in [0.1, 0.15) is 40.1 Å². The van der Waals surface area contributed by atoms with Gasteiger partial charge in [0.2, 0.25) is 0 Å². The zero-order chi connectivity index (χ0) is 21.7. The molecule has 8 heteroatoms. The van der Waals surface area contributed by atoms with E-state index < -0.39 is 15.8 Å². The van der Waals surface area contributed by atoms with Gasteiger partial charge < -0.3 is 4.74 Å². The third-order valence-electron chi connectivity index (χ3n) is 4.06. The van der Waals surface area contributed by atoms with E-state index >= 15 is 0 Å². The van der Waals surface area contributed by atoms with Gasteiger partial charge in [-0.2, -0.15) is 0 Å². The van der Waals surface area contributed by atoms with Crippen molar-refractivity contribution in [2.24, 2.45) is 0 Å². The smallest absolute Gasteiger partial charge is 0.263 e. The summed E-state index contributed by atoms with van der Waals surface area (Å²) in [5, 5.41) is 0. The first kappa shape index (κ1) is 21.2. The molecule has 2 aromatic carbocycles. The number of ether oxygens (including phenoxy) is 1. The SMILES string of the molecule is CC(C)Oc1ccc(S(=O)(=O)Nc2ncc(C=O)cc2C(=O)c2ccccc2)cc1. The van der Waals surface area contributed by atoms with Gasteiger partial charge in [-0.15, -0.1) is 0 Å². The molecule has 0 unspecified atom stereocenters. The van der Waals surface area contributed by atoms with Crippen molar-refractivity contribution in [2.75, 3.05) is 4.72 Å². The summed E-state index contributed by atoms with van der Waals surface area (Å²) >= 11 is 0. The molecule has 7 nitrogen and oxygen atoms in total. The standard InChI is InChI=1S/C22H20N2O5S/c1-15(2)29-18-8-10-19(11-9-18)30(27,28)24-22-20(12-16(14-25)13-23-22)21(26)17-6-4-3-5-7-17/h3-15H,1-2H3,(H,23,24). The fraction of sp³-hybridized carbons (Fsp3) is 0.136. The van der Waals surface area contributed by atoms with Crippen LogP contribution in [0.25, 0.3) is 0 Å². The summed E-state index contributed by atoms with van der Waals surface area (Å²) in [4.78, 5) is 28.0.